The molecular formula is C9H8F3NO3. The minimum absolute atomic E-state index is 0.225. The van der Waals surface area contributed by atoms with E-state index in [0.29, 0.717) is 0 Å². The topological polar surface area (TPSA) is 59.4 Å². The van der Waals surface area contributed by atoms with Gasteiger partial charge in [0, 0.05) is 0 Å². The molecule has 1 aromatic rings. The summed E-state index contributed by atoms with van der Waals surface area (Å²) >= 11 is 0. The number of hydrogen-bond acceptors (Lipinski definition) is 4. The molecule has 7 heteroatoms. The second kappa shape index (κ2) is 4.82. The molecule has 16 heavy (non-hydrogen) atoms. The van der Waals surface area contributed by atoms with Crippen molar-refractivity contribution in [1.29, 1.82) is 0 Å². The summed E-state index contributed by atoms with van der Waals surface area (Å²) in [7, 11) is 1.10. The van der Waals surface area contributed by atoms with E-state index in [2.05, 4.69) is 9.72 Å². The normalized spacial score (nSPS) is 10.6. The fourth-order valence-electron chi connectivity index (χ4n) is 1.06. The quantitative estimate of drug-likeness (QED) is 0.638. The highest BCUT2D eigenvalue weighted by Crippen LogP contribution is 2.30. The zero-order chi connectivity index (χ0) is 12.3. The number of aromatic hydroxyl groups is 1. The molecule has 0 aliphatic rings. The maximum Gasteiger partial charge on any atom is 0.311 e. The number of carbonyl (C=O) groups is 1. The molecule has 0 radical (unpaired) electrons. The predicted molar refractivity (Wildman–Crippen MR) is 46.5 cm³/mol. The SMILES string of the molecule is COC(=O)Cc1cc(C(F)F)c(O)c(F)n1. The number of hydrogen-bond donors (Lipinski definition) is 1. The fourth-order valence-corrected chi connectivity index (χ4v) is 1.06. The molecule has 0 aliphatic heterocycles. The Balaban J connectivity index is 3.09. The van der Waals surface area contributed by atoms with E-state index in [0.717, 1.165) is 13.2 Å². The first-order valence-corrected chi connectivity index (χ1v) is 4.19. The smallest absolute Gasteiger partial charge is 0.311 e. The highest BCUT2D eigenvalue weighted by atomic mass is 19.3. The van der Waals surface area contributed by atoms with Crippen molar-refractivity contribution in [3.8, 4) is 5.75 Å². The molecule has 0 bridgehead atoms. The van der Waals surface area contributed by atoms with Crippen LogP contribution in [0.4, 0.5) is 13.2 Å². The third-order valence-electron chi connectivity index (χ3n) is 1.82. The van der Waals surface area contributed by atoms with Gasteiger partial charge in [-0.25, -0.2) is 13.8 Å². The Morgan fingerprint density at radius 2 is 2.25 bits per heavy atom. The molecule has 0 saturated heterocycles. The van der Waals surface area contributed by atoms with Crippen LogP contribution in [0.3, 0.4) is 0 Å². The summed E-state index contributed by atoms with van der Waals surface area (Å²) in [5.74, 6) is -3.38. The lowest BCUT2D eigenvalue weighted by Gasteiger charge is -2.06. The van der Waals surface area contributed by atoms with Gasteiger partial charge < -0.3 is 9.84 Å². The van der Waals surface area contributed by atoms with Crippen LogP contribution in [-0.2, 0) is 16.0 Å². The van der Waals surface area contributed by atoms with Crippen molar-refractivity contribution in [3.63, 3.8) is 0 Å². The number of aromatic nitrogens is 1. The van der Waals surface area contributed by atoms with Gasteiger partial charge in [0.15, 0.2) is 5.75 Å². The van der Waals surface area contributed by atoms with Gasteiger partial charge in [-0.3, -0.25) is 4.79 Å². The van der Waals surface area contributed by atoms with Crippen LogP contribution in [0.15, 0.2) is 6.07 Å². The number of rotatable bonds is 3. The van der Waals surface area contributed by atoms with Crippen molar-refractivity contribution in [2.24, 2.45) is 0 Å². The Morgan fingerprint density at radius 3 is 2.75 bits per heavy atom. The zero-order valence-corrected chi connectivity index (χ0v) is 8.21. The van der Waals surface area contributed by atoms with Crippen LogP contribution in [0.1, 0.15) is 17.7 Å². The zero-order valence-electron chi connectivity index (χ0n) is 8.21. The number of methoxy groups -OCH3 is 1. The van der Waals surface area contributed by atoms with Crippen LogP contribution >= 0.6 is 0 Å². The maximum atomic E-state index is 12.9. The molecule has 4 nitrogen and oxygen atoms in total. The number of pyridine rings is 1. The monoisotopic (exact) mass is 235 g/mol. The number of nitrogens with zero attached hydrogens (tertiary/aromatic N) is 1. The second-order valence-electron chi connectivity index (χ2n) is 2.90. The standard InChI is InChI=1S/C9H8F3NO3/c1-16-6(14)3-4-2-5(8(10)11)7(15)9(12)13-4/h2,8,15H,3H2,1H3. The summed E-state index contributed by atoms with van der Waals surface area (Å²) in [5, 5.41) is 8.95. The number of ether oxygens (including phenoxy) is 1. The lowest BCUT2D eigenvalue weighted by Crippen LogP contribution is -2.08. The van der Waals surface area contributed by atoms with E-state index >= 15 is 0 Å². The van der Waals surface area contributed by atoms with Crippen LogP contribution < -0.4 is 0 Å². The molecule has 1 N–H and O–H groups in total. The van der Waals surface area contributed by atoms with Crippen molar-refractivity contribution >= 4 is 5.97 Å². The highest BCUT2D eigenvalue weighted by molar-refractivity contribution is 5.71. The molecule has 0 saturated carbocycles. The molecule has 0 unspecified atom stereocenters. The molecular weight excluding hydrogens is 227 g/mol. The van der Waals surface area contributed by atoms with E-state index < -0.39 is 36.1 Å². The Bertz CT molecular complexity index is 409. The minimum atomic E-state index is -3.05. The fraction of sp³-hybridized carbons (Fsp3) is 0.333. The molecule has 88 valence electrons. The van der Waals surface area contributed by atoms with Gasteiger partial charge in [-0.15, -0.1) is 0 Å². The Kier molecular flexibility index (Phi) is 3.70. The lowest BCUT2D eigenvalue weighted by molar-refractivity contribution is -0.139. The van der Waals surface area contributed by atoms with Crippen molar-refractivity contribution in [2.45, 2.75) is 12.8 Å². The van der Waals surface area contributed by atoms with Gasteiger partial charge in [0.25, 0.3) is 12.4 Å². The summed E-state index contributed by atoms with van der Waals surface area (Å²) in [6, 6.07) is 0.764. The molecule has 1 rings (SSSR count). The summed E-state index contributed by atoms with van der Waals surface area (Å²) in [6.07, 6.45) is -3.48. The molecule has 0 spiro atoms. The number of carbonyl (C=O) groups excluding carboxylic acids is 1. The number of esters is 1. The largest absolute Gasteiger partial charge is 0.503 e. The van der Waals surface area contributed by atoms with Gasteiger partial charge >= 0.3 is 5.97 Å². The van der Waals surface area contributed by atoms with E-state index in [9.17, 15) is 18.0 Å². The molecule has 0 atom stereocenters. The van der Waals surface area contributed by atoms with Crippen LogP contribution in [-0.4, -0.2) is 23.2 Å². The average Bonchev–Trinajstić information content (AvgIpc) is 2.22. The number of alkyl halides is 2. The van der Waals surface area contributed by atoms with Gasteiger partial charge in [-0.2, -0.15) is 4.39 Å². The summed E-state index contributed by atoms with van der Waals surface area (Å²) < 4.78 is 41.9. The van der Waals surface area contributed by atoms with Gasteiger partial charge in [-0.05, 0) is 6.07 Å². The average molecular weight is 235 g/mol. The first-order chi connectivity index (χ1) is 7.45. The third-order valence-corrected chi connectivity index (χ3v) is 1.82. The van der Waals surface area contributed by atoms with Gasteiger partial charge in [-0.1, -0.05) is 0 Å². The Labute approximate surface area is 88.7 Å². The Morgan fingerprint density at radius 1 is 1.62 bits per heavy atom. The van der Waals surface area contributed by atoms with Crippen LogP contribution in [0, 0.1) is 5.95 Å². The van der Waals surface area contributed by atoms with Crippen LogP contribution in [0.25, 0.3) is 0 Å². The van der Waals surface area contributed by atoms with Gasteiger partial charge in [0.1, 0.15) is 0 Å². The van der Waals surface area contributed by atoms with E-state index in [1.54, 1.807) is 0 Å². The molecule has 0 aromatic carbocycles. The molecule has 1 aromatic heterocycles. The molecule has 1 heterocycles. The van der Waals surface area contributed by atoms with Gasteiger partial charge in [0.2, 0.25) is 0 Å². The molecule has 0 aliphatic carbocycles. The second-order valence-corrected chi connectivity index (χ2v) is 2.90. The van der Waals surface area contributed by atoms with E-state index in [-0.39, 0.29) is 5.69 Å². The molecule has 0 fully saturated rings. The van der Waals surface area contributed by atoms with Crippen molar-refractivity contribution in [1.82, 2.24) is 4.98 Å². The highest BCUT2D eigenvalue weighted by Gasteiger charge is 2.20. The summed E-state index contributed by atoms with van der Waals surface area (Å²) in [6.45, 7) is 0. The Hall–Kier alpha value is -1.79. The lowest BCUT2D eigenvalue weighted by atomic mass is 10.2. The minimum Gasteiger partial charge on any atom is -0.503 e. The number of halogens is 3. The van der Waals surface area contributed by atoms with Crippen molar-refractivity contribution in [2.75, 3.05) is 7.11 Å². The predicted octanol–water partition coefficient (Wildman–Crippen LogP) is 1.58. The summed E-state index contributed by atoms with van der Waals surface area (Å²) in [5.41, 5.74) is -1.12. The van der Waals surface area contributed by atoms with E-state index in [1.807, 2.05) is 0 Å². The van der Waals surface area contributed by atoms with E-state index in [1.165, 1.54) is 0 Å². The first-order valence-electron chi connectivity index (χ1n) is 4.19. The van der Waals surface area contributed by atoms with Crippen molar-refractivity contribution in [3.05, 3.63) is 23.3 Å². The van der Waals surface area contributed by atoms with Crippen molar-refractivity contribution < 1.29 is 27.8 Å². The maximum absolute atomic E-state index is 12.9. The summed E-state index contributed by atoms with van der Waals surface area (Å²) in [4.78, 5) is 14.0. The van der Waals surface area contributed by atoms with E-state index in [4.69, 9.17) is 5.11 Å². The first kappa shape index (κ1) is 12.3. The van der Waals surface area contributed by atoms with Gasteiger partial charge in [0.05, 0.1) is 24.8 Å². The molecule has 0 amide bonds. The van der Waals surface area contributed by atoms with Crippen LogP contribution in [0.2, 0.25) is 0 Å². The third kappa shape index (κ3) is 2.62. The van der Waals surface area contributed by atoms with Crippen LogP contribution in [0.5, 0.6) is 5.75 Å².